The summed E-state index contributed by atoms with van der Waals surface area (Å²) in [5.74, 6) is 0.754. The standard InChI is InChI=1S/C14H14FN3S/c1-16-13(14-17-5-6-18(14)2)12-8-9-7-10(15)3-4-11(9)19-12/h3-8,13,16H,1-2H3. The Morgan fingerprint density at radius 1 is 1.37 bits per heavy atom. The van der Waals surface area contributed by atoms with Crippen LogP contribution >= 0.6 is 11.3 Å². The molecule has 3 aromatic rings. The van der Waals surface area contributed by atoms with Gasteiger partial charge in [0.2, 0.25) is 0 Å². The van der Waals surface area contributed by atoms with Crippen LogP contribution in [-0.4, -0.2) is 16.6 Å². The van der Waals surface area contributed by atoms with E-state index >= 15 is 0 Å². The zero-order chi connectivity index (χ0) is 13.4. The molecule has 0 radical (unpaired) electrons. The van der Waals surface area contributed by atoms with E-state index in [0.29, 0.717) is 0 Å². The number of rotatable bonds is 3. The molecule has 0 bridgehead atoms. The lowest BCUT2D eigenvalue weighted by Crippen LogP contribution is -2.20. The van der Waals surface area contributed by atoms with Crippen LogP contribution in [-0.2, 0) is 7.05 Å². The Morgan fingerprint density at radius 3 is 2.89 bits per heavy atom. The molecule has 1 unspecified atom stereocenters. The van der Waals surface area contributed by atoms with Gasteiger partial charge < -0.3 is 9.88 Å². The number of thiophene rings is 1. The summed E-state index contributed by atoms with van der Waals surface area (Å²) >= 11 is 1.66. The summed E-state index contributed by atoms with van der Waals surface area (Å²) in [6.07, 6.45) is 3.71. The van der Waals surface area contributed by atoms with E-state index in [4.69, 9.17) is 0 Å². The maximum atomic E-state index is 13.2. The van der Waals surface area contributed by atoms with Gasteiger partial charge >= 0.3 is 0 Å². The van der Waals surface area contributed by atoms with Crippen molar-refractivity contribution >= 4 is 21.4 Å². The second-order valence-electron chi connectivity index (χ2n) is 4.45. The summed E-state index contributed by atoms with van der Waals surface area (Å²) < 4.78 is 16.3. The van der Waals surface area contributed by atoms with Gasteiger partial charge in [0, 0.05) is 29.0 Å². The van der Waals surface area contributed by atoms with Crippen LogP contribution in [0.1, 0.15) is 16.7 Å². The van der Waals surface area contributed by atoms with E-state index in [9.17, 15) is 4.39 Å². The quantitative estimate of drug-likeness (QED) is 0.796. The predicted molar refractivity (Wildman–Crippen MR) is 75.9 cm³/mol. The number of hydrogen-bond acceptors (Lipinski definition) is 3. The molecule has 0 aliphatic carbocycles. The lowest BCUT2D eigenvalue weighted by Gasteiger charge is -2.13. The molecule has 3 nitrogen and oxygen atoms in total. The molecule has 2 aromatic heterocycles. The number of nitrogens with zero attached hydrogens (tertiary/aromatic N) is 2. The molecular formula is C14H14FN3S. The summed E-state index contributed by atoms with van der Waals surface area (Å²) in [6, 6.07) is 6.95. The van der Waals surface area contributed by atoms with Crippen molar-refractivity contribution in [1.82, 2.24) is 14.9 Å². The zero-order valence-electron chi connectivity index (χ0n) is 10.7. The van der Waals surface area contributed by atoms with Crippen molar-refractivity contribution < 1.29 is 4.39 Å². The SMILES string of the molecule is CNC(c1cc2cc(F)ccc2s1)c1nccn1C. The minimum absolute atomic E-state index is 0.0282. The van der Waals surface area contributed by atoms with Gasteiger partial charge in [0.25, 0.3) is 0 Å². The highest BCUT2D eigenvalue weighted by Gasteiger charge is 2.18. The third-order valence-corrected chi connectivity index (χ3v) is 4.37. The van der Waals surface area contributed by atoms with E-state index < -0.39 is 0 Å². The van der Waals surface area contributed by atoms with Crippen LogP contribution in [0.4, 0.5) is 4.39 Å². The Bertz CT molecular complexity index is 716. The number of aromatic nitrogens is 2. The average molecular weight is 275 g/mol. The lowest BCUT2D eigenvalue weighted by atomic mass is 10.2. The minimum Gasteiger partial charge on any atom is -0.336 e. The Morgan fingerprint density at radius 2 is 2.21 bits per heavy atom. The predicted octanol–water partition coefficient (Wildman–Crippen LogP) is 3.08. The minimum atomic E-state index is -0.199. The average Bonchev–Trinajstić information content (AvgIpc) is 2.97. The largest absolute Gasteiger partial charge is 0.336 e. The fourth-order valence-electron chi connectivity index (χ4n) is 2.23. The molecule has 0 saturated heterocycles. The van der Waals surface area contributed by atoms with Gasteiger partial charge in [-0.3, -0.25) is 0 Å². The van der Waals surface area contributed by atoms with Gasteiger partial charge in [0.05, 0.1) is 0 Å². The van der Waals surface area contributed by atoms with Gasteiger partial charge in [-0.15, -0.1) is 11.3 Å². The molecule has 0 amide bonds. The number of aryl methyl sites for hydroxylation is 1. The molecule has 0 spiro atoms. The Hall–Kier alpha value is -1.72. The van der Waals surface area contributed by atoms with Crippen molar-refractivity contribution in [2.75, 3.05) is 7.05 Å². The molecule has 0 saturated carbocycles. The third-order valence-electron chi connectivity index (χ3n) is 3.19. The van der Waals surface area contributed by atoms with Crippen LogP contribution in [0.2, 0.25) is 0 Å². The summed E-state index contributed by atoms with van der Waals surface area (Å²) in [7, 11) is 3.88. The first-order valence-electron chi connectivity index (χ1n) is 6.02. The summed E-state index contributed by atoms with van der Waals surface area (Å²) in [5, 5.41) is 4.21. The third kappa shape index (κ3) is 2.15. The molecule has 98 valence electrons. The summed E-state index contributed by atoms with van der Waals surface area (Å²) in [5.41, 5.74) is 0. The van der Waals surface area contributed by atoms with Crippen molar-refractivity contribution in [2.24, 2.45) is 7.05 Å². The molecule has 1 aromatic carbocycles. The number of halogens is 1. The van der Waals surface area contributed by atoms with Crippen LogP contribution < -0.4 is 5.32 Å². The highest BCUT2D eigenvalue weighted by atomic mass is 32.1. The van der Waals surface area contributed by atoms with E-state index in [1.165, 1.54) is 6.07 Å². The van der Waals surface area contributed by atoms with Crippen LogP contribution in [0.3, 0.4) is 0 Å². The molecule has 0 aliphatic rings. The van der Waals surface area contributed by atoms with Gasteiger partial charge in [-0.2, -0.15) is 0 Å². The molecule has 3 rings (SSSR count). The second kappa shape index (κ2) is 4.75. The number of hydrogen-bond donors (Lipinski definition) is 1. The number of benzene rings is 1. The van der Waals surface area contributed by atoms with Gasteiger partial charge in [0.15, 0.2) is 0 Å². The van der Waals surface area contributed by atoms with Gasteiger partial charge in [0.1, 0.15) is 17.7 Å². The second-order valence-corrected chi connectivity index (χ2v) is 5.56. The first-order chi connectivity index (χ1) is 9.19. The molecule has 5 heteroatoms. The number of imidazole rings is 1. The van der Waals surface area contributed by atoms with Crippen molar-refractivity contribution in [2.45, 2.75) is 6.04 Å². The molecule has 1 atom stereocenters. The zero-order valence-corrected chi connectivity index (χ0v) is 11.5. The lowest BCUT2D eigenvalue weighted by molar-refractivity contribution is 0.626. The Balaban J connectivity index is 2.09. The van der Waals surface area contributed by atoms with Crippen LogP contribution in [0.25, 0.3) is 10.1 Å². The van der Waals surface area contributed by atoms with Crippen molar-refractivity contribution in [1.29, 1.82) is 0 Å². The molecule has 2 heterocycles. The highest BCUT2D eigenvalue weighted by Crippen LogP contribution is 2.32. The van der Waals surface area contributed by atoms with E-state index in [-0.39, 0.29) is 11.9 Å². The van der Waals surface area contributed by atoms with E-state index in [0.717, 1.165) is 20.8 Å². The maximum Gasteiger partial charge on any atom is 0.131 e. The maximum absolute atomic E-state index is 13.2. The first-order valence-corrected chi connectivity index (χ1v) is 6.84. The van der Waals surface area contributed by atoms with Gasteiger partial charge in [-0.1, -0.05) is 0 Å². The smallest absolute Gasteiger partial charge is 0.131 e. The molecular weight excluding hydrogens is 261 g/mol. The molecule has 19 heavy (non-hydrogen) atoms. The van der Waals surface area contributed by atoms with Crippen molar-refractivity contribution in [3.63, 3.8) is 0 Å². The summed E-state index contributed by atoms with van der Waals surface area (Å²) in [6.45, 7) is 0. The monoisotopic (exact) mass is 275 g/mol. The number of nitrogens with one attached hydrogen (secondary N) is 1. The first kappa shape index (κ1) is 12.3. The summed E-state index contributed by atoms with van der Waals surface area (Å²) in [4.78, 5) is 5.52. The van der Waals surface area contributed by atoms with E-state index in [1.54, 1.807) is 23.6 Å². The van der Waals surface area contributed by atoms with Crippen LogP contribution in [0.15, 0.2) is 36.7 Å². The Kier molecular flexibility index (Phi) is 3.08. The number of fused-ring (bicyclic) bond motifs is 1. The van der Waals surface area contributed by atoms with Crippen LogP contribution in [0.5, 0.6) is 0 Å². The van der Waals surface area contributed by atoms with Crippen LogP contribution in [0, 0.1) is 5.82 Å². The molecule has 1 N–H and O–H groups in total. The Labute approximate surface area is 114 Å². The van der Waals surface area contributed by atoms with Crippen molar-refractivity contribution in [3.8, 4) is 0 Å². The van der Waals surface area contributed by atoms with Gasteiger partial charge in [-0.05, 0) is 36.7 Å². The van der Waals surface area contributed by atoms with E-state index in [2.05, 4.69) is 10.3 Å². The van der Waals surface area contributed by atoms with Crippen molar-refractivity contribution in [3.05, 3.63) is 53.2 Å². The molecule has 0 fully saturated rings. The normalized spacial score (nSPS) is 13.0. The van der Waals surface area contributed by atoms with Gasteiger partial charge in [-0.25, -0.2) is 9.37 Å². The topological polar surface area (TPSA) is 29.9 Å². The fraction of sp³-hybridized carbons (Fsp3) is 0.214. The highest BCUT2D eigenvalue weighted by molar-refractivity contribution is 7.19. The van der Waals surface area contributed by atoms with E-state index in [1.807, 2.05) is 37.0 Å². The molecule has 0 aliphatic heterocycles. The fourth-order valence-corrected chi connectivity index (χ4v) is 3.38.